The Hall–Kier alpha value is -0.170. The quantitative estimate of drug-likeness (QED) is 0.678. The standard InChI is InChI=1S/C10H21NO4S/c1-15-7-2-8-16(13,14)11-5-3-10(9-12)4-6-11/h10,12H,2-9H2,1H3. The number of aliphatic hydroxyl groups excluding tert-OH is 1. The molecule has 0 aliphatic carbocycles. The lowest BCUT2D eigenvalue weighted by atomic mass is 10.00. The van der Waals surface area contributed by atoms with Gasteiger partial charge in [-0.15, -0.1) is 0 Å². The molecule has 0 unspecified atom stereocenters. The van der Waals surface area contributed by atoms with Crippen LogP contribution in [-0.2, 0) is 14.8 Å². The molecule has 0 aromatic carbocycles. The predicted molar refractivity (Wildman–Crippen MR) is 61.7 cm³/mol. The molecule has 0 bridgehead atoms. The summed E-state index contributed by atoms with van der Waals surface area (Å²) in [5, 5.41) is 8.97. The molecule has 0 aromatic rings. The van der Waals surface area contributed by atoms with E-state index in [-0.39, 0.29) is 18.3 Å². The molecule has 5 nitrogen and oxygen atoms in total. The first kappa shape index (κ1) is 13.9. The topological polar surface area (TPSA) is 66.8 Å². The molecular weight excluding hydrogens is 230 g/mol. The van der Waals surface area contributed by atoms with Crippen molar-refractivity contribution in [3.05, 3.63) is 0 Å². The number of hydrogen-bond acceptors (Lipinski definition) is 4. The van der Waals surface area contributed by atoms with E-state index in [0.29, 0.717) is 26.1 Å². The molecule has 1 N–H and O–H groups in total. The van der Waals surface area contributed by atoms with Crippen molar-refractivity contribution in [3.8, 4) is 0 Å². The maximum absolute atomic E-state index is 11.9. The van der Waals surface area contributed by atoms with Crippen molar-refractivity contribution in [1.82, 2.24) is 4.31 Å². The van der Waals surface area contributed by atoms with Gasteiger partial charge in [0.1, 0.15) is 0 Å². The molecule has 1 heterocycles. The van der Waals surface area contributed by atoms with Gasteiger partial charge in [0.2, 0.25) is 10.0 Å². The molecule has 1 rings (SSSR count). The molecule has 96 valence electrons. The Kier molecular flexibility index (Phi) is 5.68. The predicted octanol–water partition coefficient (Wildman–Crippen LogP) is 0.0570. The van der Waals surface area contributed by atoms with Crippen molar-refractivity contribution >= 4 is 10.0 Å². The summed E-state index contributed by atoms with van der Waals surface area (Å²) in [6.07, 6.45) is 2.07. The largest absolute Gasteiger partial charge is 0.396 e. The lowest BCUT2D eigenvalue weighted by molar-refractivity contribution is 0.169. The summed E-state index contributed by atoms with van der Waals surface area (Å²) in [7, 11) is -1.55. The molecule has 6 heteroatoms. The van der Waals surface area contributed by atoms with Crippen molar-refractivity contribution in [3.63, 3.8) is 0 Å². The lowest BCUT2D eigenvalue weighted by Gasteiger charge is -2.30. The van der Waals surface area contributed by atoms with Gasteiger partial charge in [-0.05, 0) is 25.2 Å². The Balaban J connectivity index is 2.39. The normalized spacial score (nSPS) is 20.1. The highest BCUT2D eigenvalue weighted by atomic mass is 32.2. The number of methoxy groups -OCH3 is 1. The van der Waals surface area contributed by atoms with Crippen LogP contribution in [0.2, 0.25) is 0 Å². The molecule has 0 saturated carbocycles. The minimum Gasteiger partial charge on any atom is -0.396 e. The number of nitrogens with zero attached hydrogens (tertiary/aromatic N) is 1. The third kappa shape index (κ3) is 4.01. The Morgan fingerprint density at radius 3 is 2.50 bits per heavy atom. The van der Waals surface area contributed by atoms with Gasteiger partial charge in [-0.25, -0.2) is 12.7 Å². The first-order chi connectivity index (χ1) is 7.60. The Morgan fingerprint density at radius 2 is 2.00 bits per heavy atom. The highest BCUT2D eigenvalue weighted by molar-refractivity contribution is 7.89. The molecule has 1 saturated heterocycles. The average molecular weight is 251 g/mol. The van der Waals surface area contributed by atoms with Crippen LogP contribution < -0.4 is 0 Å². The number of sulfonamides is 1. The fraction of sp³-hybridized carbons (Fsp3) is 1.00. The van der Waals surface area contributed by atoms with E-state index in [4.69, 9.17) is 9.84 Å². The van der Waals surface area contributed by atoms with Gasteiger partial charge < -0.3 is 9.84 Å². The summed E-state index contributed by atoms with van der Waals surface area (Å²) in [4.78, 5) is 0. The van der Waals surface area contributed by atoms with Crippen LogP contribution in [0.1, 0.15) is 19.3 Å². The van der Waals surface area contributed by atoms with E-state index in [1.54, 1.807) is 7.11 Å². The molecule has 1 aliphatic rings. The van der Waals surface area contributed by atoms with Crippen LogP contribution in [0, 0.1) is 5.92 Å². The van der Waals surface area contributed by atoms with Crippen LogP contribution in [0.15, 0.2) is 0 Å². The SMILES string of the molecule is COCCCS(=O)(=O)N1CCC(CO)CC1. The lowest BCUT2D eigenvalue weighted by Crippen LogP contribution is -2.40. The zero-order valence-electron chi connectivity index (χ0n) is 9.76. The second-order valence-electron chi connectivity index (χ2n) is 4.19. The highest BCUT2D eigenvalue weighted by Gasteiger charge is 2.26. The van der Waals surface area contributed by atoms with E-state index in [0.717, 1.165) is 12.8 Å². The van der Waals surface area contributed by atoms with Crippen LogP contribution in [0.4, 0.5) is 0 Å². The monoisotopic (exact) mass is 251 g/mol. The second kappa shape index (κ2) is 6.54. The molecule has 1 aliphatic heterocycles. The molecule has 0 atom stereocenters. The van der Waals surface area contributed by atoms with E-state index in [9.17, 15) is 8.42 Å². The van der Waals surface area contributed by atoms with Gasteiger partial charge in [-0.3, -0.25) is 0 Å². The zero-order chi connectivity index (χ0) is 12.0. The number of rotatable bonds is 6. The van der Waals surface area contributed by atoms with Crippen molar-refractivity contribution < 1.29 is 18.3 Å². The second-order valence-corrected chi connectivity index (χ2v) is 6.28. The summed E-state index contributed by atoms with van der Waals surface area (Å²) in [5.74, 6) is 0.426. The van der Waals surface area contributed by atoms with Crippen molar-refractivity contribution in [1.29, 1.82) is 0 Å². The molecular formula is C10H21NO4S. The fourth-order valence-corrected chi connectivity index (χ4v) is 3.39. The Morgan fingerprint density at radius 1 is 1.38 bits per heavy atom. The van der Waals surface area contributed by atoms with Crippen LogP contribution >= 0.6 is 0 Å². The number of piperidine rings is 1. The van der Waals surface area contributed by atoms with Gasteiger partial charge in [-0.2, -0.15) is 0 Å². The van der Waals surface area contributed by atoms with Crippen molar-refractivity contribution in [2.24, 2.45) is 5.92 Å². The van der Waals surface area contributed by atoms with Crippen LogP contribution in [-0.4, -0.2) is 57.0 Å². The van der Waals surface area contributed by atoms with Gasteiger partial charge >= 0.3 is 0 Å². The zero-order valence-corrected chi connectivity index (χ0v) is 10.6. The highest BCUT2D eigenvalue weighted by Crippen LogP contribution is 2.19. The van der Waals surface area contributed by atoms with Crippen LogP contribution in [0.3, 0.4) is 0 Å². The fourth-order valence-electron chi connectivity index (χ4n) is 1.88. The number of ether oxygens (including phenoxy) is 1. The maximum atomic E-state index is 11.9. The van der Waals surface area contributed by atoms with Crippen molar-refractivity contribution in [2.45, 2.75) is 19.3 Å². The van der Waals surface area contributed by atoms with Gasteiger partial charge in [0.15, 0.2) is 0 Å². The third-order valence-corrected chi connectivity index (χ3v) is 4.93. The van der Waals surface area contributed by atoms with Crippen LogP contribution in [0.5, 0.6) is 0 Å². The molecule has 0 aromatic heterocycles. The Bertz CT molecular complexity index is 283. The summed E-state index contributed by atoms with van der Waals surface area (Å²) in [6, 6.07) is 0. The molecule has 0 amide bonds. The maximum Gasteiger partial charge on any atom is 0.214 e. The average Bonchev–Trinajstić information content (AvgIpc) is 2.29. The van der Waals surface area contributed by atoms with Gasteiger partial charge in [-0.1, -0.05) is 0 Å². The number of aliphatic hydroxyl groups is 1. The van der Waals surface area contributed by atoms with Gasteiger partial charge in [0, 0.05) is 33.4 Å². The smallest absolute Gasteiger partial charge is 0.214 e. The minimum absolute atomic E-state index is 0.157. The van der Waals surface area contributed by atoms with Gasteiger partial charge in [0.25, 0.3) is 0 Å². The molecule has 0 radical (unpaired) electrons. The summed E-state index contributed by atoms with van der Waals surface area (Å²) in [5.41, 5.74) is 0. The van der Waals surface area contributed by atoms with E-state index in [1.807, 2.05) is 0 Å². The summed E-state index contributed by atoms with van der Waals surface area (Å²) < 4.78 is 30.1. The molecule has 0 spiro atoms. The van der Waals surface area contributed by atoms with E-state index in [2.05, 4.69) is 0 Å². The number of hydrogen-bond donors (Lipinski definition) is 1. The third-order valence-electron chi connectivity index (χ3n) is 2.98. The van der Waals surface area contributed by atoms with Crippen LogP contribution in [0.25, 0.3) is 0 Å². The minimum atomic E-state index is -3.12. The first-order valence-corrected chi connectivity index (χ1v) is 7.28. The molecule has 16 heavy (non-hydrogen) atoms. The van der Waals surface area contributed by atoms with Crippen molar-refractivity contribution in [2.75, 3.05) is 39.2 Å². The molecule has 1 fully saturated rings. The first-order valence-electron chi connectivity index (χ1n) is 5.67. The Labute approximate surface area is 97.4 Å². The van der Waals surface area contributed by atoms with Gasteiger partial charge in [0.05, 0.1) is 5.75 Å². The summed E-state index contributed by atoms with van der Waals surface area (Å²) >= 11 is 0. The summed E-state index contributed by atoms with van der Waals surface area (Å²) in [6.45, 7) is 1.73. The van der Waals surface area contributed by atoms with E-state index in [1.165, 1.54) is 4.31 Å². The van der Waals surface area contributed by atoms with E-state index < -0.39 is 10.0 Å². The van der Waals surface area contributed by atoms with E-state index >= 15 is 0 Å².